The van der Waals surface area contributed by atoms with Gasteiger partial charge in [-0.25, -0.2) is 8.42 Å². The van der Waals surface area contributed by atoms with Crippen molar-refractivity contribution in [2.24, 2.45) is 5.92 Å². The maximum absolute atomic E-state index is 12.2. The lowest BCUT2D eigenvalue weighted by Crippen LogP contribution is -2.15. The van der Waals surface area contributed by atoms with Crippen molar-refractivity contribution < 1.29 is 18.1 Å². The maximum Gasteiger partial charge on any atom is 0.274 e. The molecule has 1 aromatic rings. The van der Waals surface area contributed by atoms with Gasteiger partial charge in [-0.1, -0.05) is 6.92 Å². The van der Waals surface area contributed by atoms with Crippen LogP contribution in [0.15, 0.2) is 23.1 Å². The van der Waals surface area contributed by atoms with Crippen LogP contribution >= 0.6 is 11.6 Å². The summed E-state index contributed by atoms with van der Waals surface area (Å²) in [7, 11) is -3.64. The molecule has 0 aromatic heterocycles. The van der Waals surface area contributed by atoms with Crippen LogP contribution in [0.25, 0.3) is 0 Å². The second-order valence-corrected chi connectivity index (χ2v) is 6.74. The van der Waals surface area contributed by atoms with Crippen LogP contribution in [-0.2, 0) is 9.84 Å². The minimum absolute atomic E-state index is 0.118. The lowest BCUT2D eigenvalue weighted by atomic mass is 10.3. The first kappa shape index (κ1) is 16.7. The summed E-state index contributed by atoms with van der Waals surface area (Å²) < 4.78 is 29.6. The summed E-state index contributed by atoms with van der Waals surface area (Å²) in [5, 5.41) is 10.8. The number of nitro groups is 1. The van der Waals surface area contributed by atoms with Gasteiger partial charge in [0, 0.05) is 11.9 Å². The summed E-state index contributed by atoms with van der Waals surface area (Å²) in [6, 6.07) is 3.54. The minimum atomic E-state index is -3.64. The Balaban J connectivity index is 3.25. The number of sulfone groups is 1. The molecule has 1 unspecified atom stereocenters. The van der Waals surface area contributed by atoms with E-state index in [9.17, 15) is 18.5 Å². The van der Waals surface area contributed by atoms with Gasteiger partial charge in [-0.05, 0) is 18.9 Å². The molecule has 0 spiro atoms. The Kier molecular flexibility index (Phi) is 5.76. The molecule has 0 fully saturated rings. The van der Waals surface area contributed by atoms with Gasteiger partial charge in [-0.2, -0.15) is 0 Å². The summed E-state index contributed by atoms with van der Waals surface area (Å²) in [6.07, 6.45) is 0. The van der Waals surface area contributed by atoms with Crippen LogP contribution in [0.5, 0.6) is 5.75 Å². The van der Waals surface area contributed by atoms with E-state index in [1.54, 1.807) is 13.8 Å². The number of halogens is 1. The highest BCUT2D eigenvalue weighted by Crippen LogP contribution is 2.27. The SMILES string of the molecule is CCOc1cc([N+](=O)[O-])cc(S(=O)(=O)CC(C)CCl)c1. The molecule has 0 heterocycles. The first-order valence-electron chi connectivity index (χ1n) is 6.01. The predicted molar refractivity (Wildman–Crippen MR) is 76.2 cm³/mol. The molecule has 0 radical (unpaired) electrons. The van der Waals surface area contributed by atoms with E-state index in [-0.39, 0.29) is 33.9 Å². The summed E-state index contributed by atoms with van der Waals surface area (Å²) in [4.78, 5) is 10.1. The Bertz CT molecular complexity index is 588. The monoisotopic (exact) mass is 321 g/mol. The number of benzene rings is 1. The zero-order valence-corrected chi connectivity index (χ0v) is 12.8. The van der Waals surface area contributed by atoms with E-state index < -0.39 is 14.8 Å². The topological polar surface area (TPSA) is 86.5 Å². The molecule has 0 saturated carbocycles. The molecule has 1 aromatic carbocycles. The number of hydrogen-bond acceptors (Lipinski definition) is 5. The molecule has 20 heavy (non-hydrogen) atoms. The maximum atomic E-state index is 12.2. The highest BCUT2D eigenvalue weighted by Gasteiger charge is 2.22. The summed E-state index contributed by atoms with van der Waals surface area (Å²) >= 11 is 5.61. The lowest BCUT2D eigenvalue weighted by molar-refractivity contribution is -0.385. The van der Waals surface area contributed by atoms with Crippen LogP contribution < -0.4 is 4.74 Å². The van der Waals surface area contributed by atoms with Crippen molar-refractivity contribution in [1.82, 2.24) is 0 Å². The van der Waals surface area contributed by atoms with Gasteiger partial charge in [-0.3, -0.25) is 10.1 Å². The molecule has 0 aliphatic carbocycles. The molecular weight excluding hydrogens is 306 g/mol. The molecule has 0 bridgehead atoms. The quantitative estimate of drug-likeness (QED) is 0.437. The summed E-state index contributed by atoms with van der Waals surface area (Å²) in [5.41, 5.74) is -0.312. The van der Waals surface area contributed by atoms with Crippen LogP contribution in [0, 0.1) is 16.0 Å². The van der Waals surface area contributed by atoms with Gasteiger partial charge in [0.25, 0.3) is 5.69 Å². The molecule has 1 atom stereocenters. The molecular formula is C12H16ClNO5S. The Morgan fingerprint density at radius 1 is 1.40 bits per heavy atom. The third-order valence-corrected chi connectivity index (χ3v) is 5.00. The largest absolute Gasteiger partial charge is 0.494 e. The molecule has 8 heteroatoms. The number of non-ortho nitro benzene ring substituents is 1. The number of hydrogen-bond donors (Lipinski definition) is 0. The van der Waals surface area contributed by atoms with E-state index in [0.717, 1.165) is 6.07 Å². The van der Waals surface area contributed by atoms with Crippen LogP contribution in [0.3, 0.4) is 0 Å². The summed E-state index contributed by atoms with van der Waals surface area (Å²) in [6.45, 7) is 3.70. The fourth-order valence-electron chi connectivity index (χ4n) is 1.61. The predicted octanol–water partition coefficient (Wildman–Crippen LogP) is 2.64. The van der Waals surface area contributed by atoms with Crippen LogP contribution in [0.2, 0.25) is 0 Å². The number of alkyl halides is 1. The lowest BCUT2D eigenvalue weighted by Gasteiger charge is -2.10. The van der Waals surface area contributed by atoms with Crippen molar-refractivity contribution in [3.05, 3.63) is 28.3 Å². The molecule has 0 saturated heterocycles. The van der Waals surface area contributed by atoms with Gasteiger partial charge in [-0.15, -0.1) is 11.6 Å². The molecule has 0 aliphatic rings. The molecule has 1 rings (SSSR count). The second-order valence-electron chi connectivity index (χ2n) is 4.39. The van der Waals surface area contributed by atoms with E-state index in [2.05, 4.69) is 0 Å². The van der Waals surface area contributed by atoms with E-state index in [0.29, 0.717) is 6.61 Å². The first-order valence-corrected chi connectivity index (χ1v) is 8.19. The third kappa shape index (κ3) is 4.35. The zero-order valence-electron chi connectivity index (χ0n) is 11.2. The number of ether oxygens (including phenoxy) is 1. The first-order chi connectivity index (χ1) is 9.30. The number of rotatable bonds is 7. The van der Waals surface area contributed by atoms with Crippen molar-refractivity contribution in [3.8, 4) is 5.75 Å². The molecule has 0 amide bonds. The average Bonchev–Trinajstić information content (AvgIpc) is 2.38. The van der Waals surface area contributed by atoms with E-state index in [4.69, 9.17) is 16.3 Å². The van der Waals surface area contributed by atoms with Crippen molar-refractivity contribution in [2.45, 2.75) is 18.7 Å². The van der Waals surface area contributed by atoms with Gasteiger partial charge < -0.3 is 4.74 Å². The van der Waals surface area contributed by atoms with E-state index in [1.165, 1.54) is 12.1 Å². The van der Waals surface area contributed by atoms with E-state index in [1.807, 2.05) is 0 Å². The smallest absolute Gasteiger partial charge is 0.274 e. The molecule has 0 N–H and O–H groups in total. The fourth-order valence-corrected chi connectivity index (χ4v) is 3.50. The Labute approximate surface area is 122 Å². The van der Waals surface area contributed by atoms with Gasteiger partial charge in [0.1, 0.15) is 5.75 Å². The van der Waals surface area contributed by atoms with Crippen molar-refractivity contribution in [3.63, 3.8) is 0 Å². The van der Waals surface area contributed by atoms with Crippen molar-refractivity contribution in [1.29, 1.82) is 0 Å². The van der Waals surface area contributed by atoms with E-state index >= 15 is 0 Å². The highest BCUT2D eigenvalue weighted by molar-refractivity contribution is 7.91. The van der Waals surface area contributed by atoms with Crippen LogP contribution in [0.1, 0.15) is 13.8 Å². The van der Waals surface area contributed by atoms with Crippen molar-refractivity contribution >= 4 is 27.1 Å². The molecule has 112 valence electrons. The molecule has 0 aliphatic heterocycles. The fraction of sp³-hybridized carbons (Fsp3) is 0.500. The Hall–Kier alpha value is -1.34. The minimum Gasteiger partial charge on any atom is -0.494 e. The third-order valence-electron chi connectivity index (χ3n) is 2.51. The second kappa shape index (κ2) is 6.90. The van der Waals surface area contributed by atoms with Crippen LogP contribution in [-0.4, -0.2) is 31.6 Å². The van der Waals surface area contributed by atoms with Gasteiger partial charge in [0.2, 0.25) is 0 Å². The summed E-state index contributed by atoms with van der Waals surface area (Å²) in [5.74, 6) is -0.0364. The number of nitro benzene ring substituents is 1. The zero-order chi connectivity index (χ0) is 15.3. The Morgan fingerprint density at radius 2 is 2.05 bits per heavy atom. The average molecular weight is 322 g/mol. The van der Waals surface area contributed by atoms with Crippen LogP contribution in [0.4, 0.5) is 5.69 Å². The highest BCUT2D eigenvalue weighted by atomic mass is 35.5. The normalized spacial score (nSPS) is 12.9. The van der Waals surface area contributed by atoms with Gasteiger partial charge >= 0.3 is 0 Å². The van der Waals surface area contributed by atoms with Crippen molar-refractivity contribution in [2.75, 3.05) is 18.2 Å². The molecule has 6 nitrogen and oxygen atoms in total. The van der Waals surface area contributed by atoms with Gasteiger partial charge in [0.15, 0.2) is 9.84 Å². The van der Waals surface area contributed by atoms with Gasteiger partial charge in [0.05, 0.1) is 28.2 Å². The number of nitrogens with zero attached hydrogens (tertiary/aromatic N) is 1. The standard InChI is InChI=1S/C12H16ClNO5S/c1-3-19-11-4-10(14(15)16)5-12(6-11)20(17,18)8-9(2)7-13/h4-6,9H,3,7-8H2,1-2H3. The Morgan fingerprint density at radius 3 is 2.55 bits per heavy atom.